The van der Waals surface area contributed by atoms with Crippen molar-refractivity contribution in [3.8, 4) is 17.2 Å². The Hall–Kier alpha value is -2.40. The Morgan fingerprint density at radius 1 is 1.05 bits per heavy atom. The molecule has 6 heteroatoms. The van der Waals surface area contributed by atoms with Gasteiger partial charge in [0.2, 0.25) is 0 Å². The highest BCUT2D eigenvalue weighted by Crippen LogP contribution is 2.26. The Balaban J connectivity index is 1.92. The number of methoxy groups -OCH3 is 2. The summed E-state index contributed by atoms with van der Waals surface area (Å²) in [5, 5.41) is 3.07. The fourth-order valence-electron chi connectivity index (χ4n) is 1.75. The molecule has 2 aromatic rings. The van der Waals surface area contributed by atoms with Crippen molar-refractivity contribution >= 4 is 23.2 Å². The van der Waals surface area contributed by atoms with Crippen LogP contribution in [-0.2, 0) is 4.79 Å². The maximum Gasteiger partial charge on any atom is 0.262 e. The first-order chi connectivity index (χ1) is 10.6. The van der Waals surface area contributed by atoms with E-state index in [0.29, 0.717) is 28.0 Å². The average molecular weight is 322 g/mol. The van der Waals surface area contributed by atoms with E-state index in [-0.39, 0.29) is 12.5 Å². The number of hydrogen-bond donors (Lipinski definition) is 1. The SMILES string of the molecule is COc1cccc(OCC(=O)Nc2ccc(OC)cc2Cl)c1. The standard InChI is InChI=1S/C16H16ClNO4/c1-20-11-4-3-5-13(8-11)22-10-16(19)18-15-7-6-12(21-2)9-14(15)17/h3-9H,10H2,1-2H3,(H,18,19). The minimum atomic E-state index is -0.310. The molecule has 1 N–H and O–H groups in total. The number of benzene rings is 2. The molecule has 0 aliphatic carbocycles. The molecule has 1 amide bonds. The predicted octanol–water partition coefficient (Wildman–Crippen LogP) is 3.37. The molecule has 0 aliphatic heterocycles. The van der Waals surface area contributed by atoms with Crippen molar-refractivity contribution in [3.63, 3.8) is 0 Å². The van der Waals surface area contributed by atoms with E-state index in [2.05, 4.69) is 5.32 Å². The first-order valence-corrected chi connectivity index (χ1v) is 6.90. The molecule has 22 heavy (non-hydrogen) atoms. The molecule has 0 saturated heterocycles. The highest BCUT2D eigenvalue weighted by molar-refractivity contribution is 6.33. The molecule has 2 aromatic carbocycles. The molecule has 0 atom stereocenters. The van der Waals surface area contributed by atoms with Crippen LogP contribution in [0.1, 0.15) is 0 Å². The Kier molecular flexibility index (Phi) is 5.49. The number of rotatable bonds is 6. The molecule has 0 fully saturated rings. The van der Waals surface area contributed by atoms with E-state index in [1.165, 1.54) is 0 Å². The monoisotopic (exact) mass is 321 g/mol. The number of ether oxygens (including phenoxy) is 3. The number of anilines is 1. The second-order valence-corrected chi connectivity index (χ2v) is 4.77. The van der Waals surface area contributed by atoms with Crippen molar-refractivity contribution in [1.82, 2.24) is 0 Å². The molecule has 0 unspecified atom stereocenters. The topological polar surface area (TPSA) is 56.8 Å². The second kappa shape index (κ2) is 7.56. The summed E-state index contributed by atoms with van der Waals surface area (Å²) in [4.78, 5) is 11.9. The molecule has 0 bridgehead atoms. The summed E-state index contributed by atoms with van der Waals surface area (Å²) >= 11 is 6.06. The fourth-order valence-corrected chi connectivity index (χ4v) is 1.97. The fraction of sp³-hybridized carbons (Fsp3) is 0.188. The van der Waals surface area contributed by atoms with Gasteiger partial charge in [-0.25, -0.2) is 0 Å². The molecule has 5 nitrogen and oxygen atoms in total. The van der Waals surface area contributed by atoms with Crippen LogP contribution in [0.2, 0.25) is 5.02 Å². The Labute approximate surface area is 133 Å². The summed E-state index contributed by atoms with van der Waals surface area (Å²) in [6.45, 7) is -0.129. The minimum Gasteiger partial charge on any atom is -0.497 e. The lowest BCUT2D eigenvalue weighted by Crippen LogP contribution is -2.20. The summed E-state index contributed by atoms with van der Waals surface area (Å²) in [5.74, 6) is 1.52. The molecule has 2 rings (SSSR count). The second-order valence-electron chi connectivity index (χ2n) is 4.36. The molecule has 116 valence electrons. The van der Waals surface area contributed by atoms with E-state index in [9.17, 15) is 4.79 Å². The van der Waals surface area contributed by atoms with Crippen LogP contribution in [-0.4, -0.2) is 26.7 Å². The molecule has 0 radical (unpaired) electrons. The van der Waals surface area contributed by atoms with Gasteiger partial charge in [0.1, 0.15) is 17.2 Å². The van der Waals surface area contributed by atoms with Crippen LogP contribution in [0.25, 0.3) is 0 Å². The molecule has 0 spiro atoms. The van der Waals surface area contributed by atoms with E-state index < -0.39 is 0 Å². The third-order valence-corrected chi connectivity index (χ3v) is 3.17. The zero-order chi connectivity index (χ0) is 15.9. The maximum absolute atomic E-state index is 11.9. The van der Waals surface area contributed by atoms with E-state index in [1.54, 1.807) is 56.7 Å². The van der Waals surface area contributed by atoms with Gasteiger partial charge in [-0.1, -0.05) is 17.7 Å². The van der Waals surface area contributed by atoms with Gasteiger partial charge in [0.05, 0.1) is 24.9 Å². The van der Waals surface area contributed by atoms with Crippen molar-refractivity contribution in [2.45, 2.75) is 0 Å². The highest BCUT2D eigenvalue weighted by Gasteiger charge is 2.08. The molecule has 0 saturated carbocycles. The minimum absolute atomic E-state index is 0.129. The number of hydrogen-bond acceptors (Lipinski definition) is 4. The smallest absolute Gasteiger partial charge is 0.262 e. The van der Waals surface area contributed by atoms with Gasteiger partial charge in [-0.2, -0.15) is 0 Å². The Bertz CT molecular complexity index is 660. The van der Waals surface area contributed by atoms with E-state index >= 15 is 0 Å². The number of amides is 1. The van der Waals surface area contributed by atoms with Crippen LogP contribution in [0.15, 0.2) is 42.5 Å². The lowest BCUT2D eigenvalue weighted by molar-refractivity contribution is -0.118. The Morgan fingerprint density at radius 3 is 2.41 bits per heavy atom. The molecule has 0 heterocycles. The first kappa shape index (κ1) is 16.0. The number of halogens is 1. The van der Waals surface area contributed by atoms with E-state index in [0.717, 1.165) is 0 Å². The van der Waals surface area contributed by atoms with Crippen molar-refractivity contribution in [1.29, 1.82) is 0 Å². The van der Waals surface area contributed by atoms with Gasteiger partial charge in [0, 0.05) is 12.1 Å². The maximum atomic E-state index is 11.9. The number of carbonyl (C=O) groups is 1. The summed E-state index contributed by atoms with van der Waals surface area (Å²) in [6, 6.07) is 12.0. The lowest BCUT2D eigenvalue weighted by Gasteiger charge is -2.10. The lowest BCUT2D eigenvalue weighted by atomic mass is 10.3. The van der Waals surface area contributed by atoms with Gasteiger partial charge in [-0.15, -0.1) is 0 Å². The highest BCUT2D eigenvalue weighted by atomic mass is 35.5. The van der Waals surface area contributed by atoms with Gasteiger partial charge >= 0.3 is 0 Å². The predicted molar refractivity (Wildman–Crippen MR) is 85.1 cm³/mol. The van der Waals surface area contributed by atoms with E-state index in [1.807, 2.05) is 0 Å². The quantitative estimate of drug-likeness (QED) is 0.886. The number of nitrogens with one attached hydrogen (secondary N) is 1. The third kappa shape index (κ3) is 4.30. The van der Waals surface area contributed by atoms with Gasteiger partial charge < -0.3 is 19.5 Å². The summed E-state index contributed by atoms with van der Waals surface area (Å²) in [5.41, 5.74) is 0.502. The Morgan fingerprint density at radius 2 is 1.73 bits per heavy atom. The van der Waals surface area contributed by atoms with Gasteiger partial charge in [0.15, 0.2) is 6.61 Å². The van der Waals surface area contributed by atoms with E-state index in [4.69, 9.17) is 25.8 Å². The van der Waals surface area contributed by atoms with Gasteiger partial charge in [-0.3, -0.25) is 4.79 Å². The zero-order valence-electron chi connectivity index (χ0n) is 12.3. The summed E-state index contributed by atoms with van der Waals surface area (Å²) < 4.78 is 15.5. The van der Waals surface area contributed by atoms with Crippen LogP contribution in [0.5, 0.6) is 17.2 Å². The average Bonchev–Trinajstić information content (AvgIpc) is 2.55. The number of carbonyl (C=O) groups excluding carboxylic acids is 1. The molecular weight excluding hydrogens is 306 g/mol. The summed E-state index contributed by atoms with van der Waals surface area (Å²) in [7, 11) is 3.11. The molecular formula is C16H16ClNO4. The van der Waals surface area contributed by atoms with Crippen LogP contribution in [0, 0.1) is 0 Å². The van der Waals surface area contributed by atoms with Gasteiger partial charge in [-0.05, 0) is 24.3 Å². The van der Waals surface area contributed by atoms with Crippen molar-refractivity contribution in [3.05, 3.63) is 47.5 Å². The normalized spacial score (nSPS) is 9.95. The van der Waals surface area contributed by atoms with Crippen LogP contribution < -0.4 is 19.5 Å². The van der Waals surface area contributed by atoms with Gasteiger partial charge in [0.25, 0.3) is 5.91 Å². The zero-order valence-corrected chi connectivity index (χ0v) is 13.0. The van der Waals surface area contributed by atoms with Crippen molar-refractivity contribution in [2.75, 3.05) is 26.1 Å². The van der Waals surface area contributed by atoms with Crippen LogP contribution in [0.3, 0.4) is 0 Å². The van der Waals surface area contributed by atoms with Crippen LogP contribution >= 0.6 is 11.6 Å². The van der Waals surface area contributed by atoms with Crippen molar-refractivity contribution in [2.24, 2.45) is 0 Å². The van der Waals surface area contributed by atoms with Crippen LogP contribution in [0.4, 0.5) is 5.69 Å². The third-order valence-electron chi connectivity index (χ3n) is 2.86. The molecule has 0 aromatic heterocycles. The first-order valence-electron chi connectivity index (χ1n) is 6.52. The largest absolute Gasteiger partial charge is 0.497 e. The summed E-state index contributed by atoms with van der Waals surface area (Å²) in [6.07, 6.45) is 0. The molecule has 0 aliphatic rings. The van der Waals surface area contributed by atoms with Crippen molar-refractivity contribution < 1.29 is 19.0 Å².